The Balaban J connectivity index is 2.11. The lowest BCUT2D eigenvalue weighted by atomic mass is 10.2. The highest BCUT2D eigenvalue weighted by molar-refractivity contribution is 6.33. The van der Waals surface area contributed by atoms with Gasteiger partial charge in [0.05, 0.1) is 16.8 Å². The van der Waals surface area contributed by atoms with Gasteiger partial charge < -0.3 is 20.1 Å². The zero-order valence-electron chi connectivity index (χ0n) is 10.9. The number of nitrogens with zero attached hydrogens (tertiary/aromatic N) is 1. The molecule has 0 aromatic heterocycles. The van der Waals surface area contributed by atoms with Crippen molar-refractivity contribution in [2.24, 2.45) is 0 Å². The molecular formula is C13H15ClN2O4. The zero-order chi connectivity index (χ0) is 14.7. The fourth-order valence-electron chi connectivity index (χ4n) is 2.18. The second kappa shape index (κ2) is 6.11. The molecule has 7 heteroatoms. The van der Waals surface area contributed by atoms with Gasteiger partial charge in [0.2, 0.25) is 0 Å². The number of hydrogen-bond donors (Lipinski definition) is 2. The number of anilines is 1. The lowest BCUT2D eigenvalue weighted by Gasteiger charge is -2.21. The van der Waals surface area contributed by atoms with Crippen LogP contribution >= 0.6 is 11.6 Å². The zero-order valence-corrected chi connectivity index (χ0v) is 11.6. The average Bonchev–Trinajstić information content (AvgIpc) is 2.86. The van der Waals surface area contributed by atoms with Gasteiger partial charge in [-0.2, -0.15) is 0 Å². The fraction of sp³-hybridized carbons (Fsp3) is 0.385. The van der Waals surface area contributed by atoms with Crippen LogP contribution in [0.25, 0.3) is 0 Å². The number of amides is 2. The van der Waals surface area contributed by atoms with Crippen LogP contribution < -0.4 is 5.32 Å². The topological polar surface area (TPSA) is 78.9 Å². The third-order valence-electron chi connectivity index (χ3n) is 3.26. The molecular weight excluding hydrogens is 284 g/mol. The van der Waals surface area contributed by atoms with E-state index in [0.717, 1.165) is 0 Å². The molecule has 1 aromatic rings. The largest absolute Gasteiger partial charge is 0.480 e. The maximum absolute atomic E-state index is 12.2. The molecule has 0 bridgehead atoms. The molecule has 0 saturated carbocycles. The number of carboxylic acids is 1. The number of halogens is 1. The van der Waals surface area contributed by atoms with Crippen molar-refractivity contribution in [3.05, 3.63) is 29.3 Å². The minimum absolute atomic E-state index is 0.240. The summed E-state index contributed by atoms with van der Waals surface area (Å²) in [6.45, 7) is 0.240. The van der Waals surface area contributed by atoms with Gasteiger partial charge in [0.15, 0.2) is 0 Å². The molecule has 0 spiro atoms. The van der Waals surface area contributed by atoms with E-state index < -0.39 is 18.0 Å². The first-order valence-electron chi connectivity index (χ1n) is 6.10. The summed E-state index contributed by atoms with van der Waals surface area (Å²) >= 11 is 5.96. The Labute approximate surface area is 121 Å². The summed E-state index contributed by atoms with van der Waals surface area (Å²) in [6, 6.07) is 5.40. The number of rotatable bonds is 3. The van der Waals surface area contributed by atoms with Crippen LogP contribution in [0.4, 0.5) is 10.5 Å². The molecule has 2 rings (SSSR count). The van der Waals surface area contributed by atoms with Crippen LogP contribution in [0.3, 0.4) is 0 Å². The van der Waals surface area contributed by atoms with E-state index in [0.29, 0.717) is 10.7 Å². The predicted molar refractivity (Wildman–Crippen MR) is 74.0 cm³/mol. The minimum atomic E-state index is -1.04. The molecule has 2 N–H and O–H groups in total. The smallest absolute Gasteiger partial charge is 0.326 e. The van der Waals surface area contributed by atoms with E-state index in [1.54, 1.807) is 24.3 Å². The number of aliphatic carboxylic acids is 1. The van der Waals surface area contributed by atoms with Crippen LogP contribution in [0.15, 0.2) is 24.3 Å². The van der Waals surface area contributed by atoms with E-state index in [1.165, 1.54) is 12.0 Å². The fourth-order valence-corrected chi connectivity index (χ4v) is 2.36. The number of carboxylic acid groups (broad SMARTS) is 1. The molecule has 1 aromatic carbocycles. The molecule has 2 unspecified atom stereocenters. The van der Waals surface area contributed by atoms with Gasteiger partial charge >= 0.3 is 12.0 Å². The Hall–Kier alpha value is -1.79. The molecule has 20 heavy (non-hydrogen) atoms. The summed E-state index contributed by atoms with van der Waals surface area (Å²) in [5.74, 6) is -1.04. The lowest BCUT2D eigenvalue weighted by molar-refractivity contribution is -0.141. The van der Waals surface area contributed by atoms with E-state index in [9.17, 15) is 9.59 Å². The van der Waals surface area contributed by atoms with Crippen LogP contribution in [0.5, 0.6) is 0 Å². The molecule has 1 saturated heterocycles. The quantitative estimate of drug-likeness (QED) is 0.895. The Kier molecular flexibility index (Phi) is 4.46. The van der Waals surface area contributed by atoms with Crippen molar-refractivity contribution in [1.82, 2.24) is 4.90 Å². The van der Waals surface area contributed by atoms with E-state index in [4.69, 9.17) is 21.4 Å². The molecule has 0 aliphatic carbocycles. The molecule has 0 radical (unpaired) electrons. The summed E-state index contributed by atoms with van der Waals surface area (Å²) in [7, 11) is 1.50. The van der Waals surface area contributed by atoms with E-state index in [-0.39, 0.29) is 19.1 Å². The van der Waals surface area contributed by atoms with E-state index in [1.807, 2.05) is 0 Å². The molecule has 2 atom stereocenters. The van der Waals surface area contributed by atoms with Crippen LogP contribution in [0.1, 0.15) is 6.42 Å². The summed E-state index contributed by atoms with van der Waals surface area (Å²) in [5, 5.41) is 12.2. The van der Waals surface area contributed by atoms with Gasteiger partial charge in [-0.15, -0.1) is 0 Å². The van der Waals surface area contributed by atoms with Gasteiger partial charge in [0, 0.05) is 20.1 Å². The highest BCUT2D eigenvalue weighted by Gasteiger charge is 2.39. The van der Waals surface area contributed by atoms with Crippen LogP contribution in [-0.4, -0.2) is 47.8 Å². The molecule has 1 aliphatic heterocycles. The highest BCUT2D eigenvalue weighted by Crippen LogP contribution is 2.24. The number of para-hydroxylation sites is 1. The second-order valence-corrected chi connectivity index (χ2v) is 4.92. The first-order chi connectivity index (χ1) is 9.52. The van der Waals surface area contributed by atoms with Crippen LogP contribution in [0, 0.1) is 0 Å². The summed E-state index contributed by atoms with van der Waals surface area (Å²) in [5.41, 5.74) is 0.448. The van der Waals surface area contributed by atoms with Crippen molar-refractivity contribution in [2.75, 3.05) is 19.0 Å². The first kappa shape index (κ1) is 14.6. The third-order valence-corrected chi connectivity index (χ3v) is 3.59. The predicted octanol–water partition coefficient (Wildman–Crippen LogP) is 2.05. The van der Waals surface area contributed by atoms with Gasteiger partial charge in [-0.3, -0.25) is 0 Å². The van der Waals surface area contributed by atoms with Crippen LogP contribution in [-0.2, 0) is 9.53 Å². The van der Waals surface area contributed by atoms with Crippen molar-refractivity contribution in [1.29, 1.82) is 0 Å². The molecule has 2 amide bonds. The van der Waals surface area contributed by atoms with Gasteiger partial charge in [-0.25, -0.2) is 9.59 Å². The summed E-state index contributed by atoms with van der Waals surface area (Å²) in [6.07, 6.45) is 0.00926. The molecule has 6 nitrogen and oxygen atoms in total. The lowest BCUT2D eigenvalue weighted by Crippen LogP contribution is -2.43. The van der Waals surface area contributed by atoms with Crippen molar-refractivity contribution in [3.8, 4) is 0 Å². The van der Waals surface area contributed by atoms with Crippen molar-refractivity contribution in [3.63, 3.8) is 0 Å². The SMILES string of the molecule is COC1CC(C(=O)O)N(C(=O)Nc2ccccc2Cl)C1. The second-order valence-electron chi connectivity index (χ2n) is 4.51. The number of methoxy groups -OCH3 is 1. The number of hydrogen-bond acceptors (Lipinski definition) is 3. The van der Waals surface area contributed by atoms with E-state index in [2.05, 4.69) is 5.32 Å². The maximum Gasteiger partial charge on any atom is 0.326 e. The standard InChI is InChI=1S/C13H15ClN2O4/c1-20-8-6-11(12(17)18)16(7-8)13(19)15-10-5-3-2-4-9(10)14/h2-5,8,11H,6-7H2,1H3,(H,15,19)(H,17,18). The van der Waals surface area contributed by atoms with Crippen LogP contribution in [0.2, 0.25) is 5.02 Å². The number of nitrogens with one attached hydrogen (secondary N) is 1. The third kappa shape index (κ3) is 3.02. The number of likely N-dealkylation sites (tertiary alicyclic amines) is 1. The molecule has 1 heterocycles. The molecule has 1 fully saturated rings. The number of carbonyl (C=O) groups excluding carboxylic acids is 1. The number of carbonyl (C=O) groups is 2. The molecule has 1 aliphatic rings. The van der Waals surface area contributed by atoms with Gasteiger partial charge in [0.25, 0.3) is 0 Å². The van der Waals surface area contributed by atoms with Gasteiger partial charge in [-0.1, -0.05) is 23.7 Å². The van der Waals surface area contributed by atoms with E-state index >= 15 is 0 Å². The van der Waals surface area contributed by atoms with Crippen molar-refractivity contribution >= 4 is 29.3 Å². The van der Waals surface area contributed by atoms with Gasteiger partial charge in [-0.05, 0) is 12.1 Å². The number of ether oxygens (including phenoxy) is 1. The first-order valence-corrected chi connectivity index (χ1v) is 6.48. The van der Waals surface area contributed by atoms with Gasteiger partial charge in [0.1, 0.15) is 6.04 Å². The van der Waals surface area contributed by atoms with Crippen molar-refractivity contribution < 1.29 is 19.4 Å². The van der Waals surface area contributed by atoms with Crippen molar-refractivity contribution in [2.45, 2.75) is 18.6 Å². The Morgan fingerprint density at radius 3 is 2.75 bits per heavy atom. The summed E-state index contributed by atoms with van der Waals surface area (Å²) < 4.78 is 5.13. The average molecular weight is 299 g/mol. The molecule has 108 valence electrons. The summed E-state index contributed by atoms with van der Waals surface area (Å²) in [4.78, 5) is 24.6. The Bertz CT molecular complexity index is 523. The minimum Gasteiger partial charge on any atom is -0.480 e. The number of benzene rings is 1. The maximum atomic E-state index is 12.2. The monoisotopic (exact) mass is 298 g/mol. The highest BCUT2D eigenvalue weighted by atomic mass is 35.5. The Morgan fingerprint density at radius 2 is 2.15 bits per heavy atom. The normalized spacial score (nSPS) is 21.8. The number of urea groups is 1. The Morgan fingerprint density at radius 1 is 1.45 bits per heavy atom.